The van der Waals surface area contributed by atoms with Crippen molar-refractivity contribution in [3.8, 4) is 5.75 Å². The summed E-state index contributed by atoms with van der Waals surface area (Å²) in [5.41, 5.74) is 2.04. The van der Waals surface area contributed by atoms with E-state index in [1.165, 1.54) is 6.20 Å². The minimum Gasteiger partial charge on any atom is -0.419 e. The van der Waals surface area contributed by atoms with Gasteiger partial charge >= 0.3 is 5.97 Å². The number of esters is 1. The molecule has 0 atom stereocenters. The molecule has 3 aromatic rings. The lowest BCUT2D eigenvalue weighted by molar-refractivity contribution is 0.0735. The van der Waals surface area contributed by atoms with E-state index in [4.69, 9.17) is 4.74 Å². The number of aryl methyl sites for hydroxylation is 1. The number of ether oxygens (including phenoxy) is 1. The lowest BCUT2D eigenvalue weighted by atomic mass is 10.1. The van der Waals surface area contributed by atoms with E-state index < -0.39 is 5.97 Å². The molecule has 0 saturated carbocycles. The van der Waals surface area contributed by atoms with Crippen LogP contribution in [0.2, 0.25) is 0 Å². The van der Waals surface area contributed by atoms with Crippen LogP contribution < -0.4 is 4.74 Å². The molecule has 0 saturated heterocycles. The number of fused-ring (bicyclic) bond motifs is 1. The quantitative estimate of drug-likeness (QED) is 0.667. The first-order valence-electron chi connectivity index (χ1n) is 6.22. The summed E-state index contributed by atoms with van der Waals surface area (Å²) >= 11 is 0. The van der Waals surface area contributed by atoms with Crippen LogP contribution >= 0.6 is 0 Å². The molecule has 3 rings (SSSR count). The normalized spacial score (nSPS) is 10.4. The van der Waals surface area contributed by atoms with Gasteiger partial charge in [-0.1, -0.05) is 18.2 Å². The second-order valence-electron chi connectivity index (χ2n) is 4.42. The van der Waals surface area contributed by atoms with Crippen molar-refractivity contribution in [2.24, 2.45) is 0 Å². The Bertz CT molecular complexity index is 779. The van der Waals surface area contributed by atoms with Crippen molar-refractivity contribution < 1.29 is 9.53 Å². The first kappa shape index (κ1) is 12.3. The van der Waals surface area contributed by atoms with Gasteiger partial charge in [-0.2, -0.15) is 0 Å². The maximum atomic E-state index is 12.2. The third-order valence-corrected chi connectivity index (χ3v) is 3.05. The monoisotopic (exact) mass is 264 g/mol. The van der Waals surface area contributed by atoms with Crippen molar-refractivity contribution in [1.29, 1.82) is 0 Å². The summed E-state index contributed by atoms with van der Waals surface area (Å²) in [6.07, 6.45) is 4.85. The van der Waals surface area contributed by atoms with Gasteiger partial charge in [-0.05, 0) is 30.7 Å². The SMILES string of the molecule is Cc1ccccc1C(=O)Oc1cncc2cccnc12. The van der Waals surface area contributed by atoms with Gasteiger partial charge in [0.15, 0.2) is 5.75 Å². The second kappa shape index (κ2) is 5.09. The average Bonchev–Trinajstić information content (AvgIpc) is 2.48. The molecule has 0 spiro atoms. The zero-order valence-electron chi connectivity index (χ0n) is 10.9. The summed E-state index contributed by atoms with van der Waals surface area (Å²) < 4.78 is 5.43. The van der Waals surface area contributed by atoms with Crippen molar-refractivity contribution in [1.82, 2.24) is 9.97 Å². The Balaban J connectivity index is 1.98. The molecule has 0 radical (unpaired) electrons. The van der Waals surface area contributed by atoms with E-state index in [1.54, 1.807) is 18.5 Å². The number of pyridine rings is 2. The van der Waals surface area contributed by atoms with Crippen molar-refractivity contribution >= 4 is 16.9 Å². The molecule has 0 N–H and O–H groups in total. The largest absolute Gasteiger partial charge is 0.419 e. The molecule has 0 aliphatic heterocycles. The molecular formula is C16H12N2O2. The summed E-state index contributed by atoms with van der Waals surface area (Å²) in [4.78, 5) is 20.5. The van der Waals surface area contributed by atoms with Gasteiger partial charge in [-0.25, -0.2) is 4.79 Å². The smallest absolute Gasteiger partial charge is 0.343 e. The summed E-state index contributed by atoms with van der Waals surface area (Å²) in [5, 5.41) is 0.836. The van der Waals surface area contributed by atoms with Crippen LogP contribution in [0.3, 0.4) is 0 Å². The first-order chi connectivity index (χ1) is 9.75. The zero-order valence-corrected chi connectivity index (χ0v) is 10.9. The number of benzene rings is 1. The number of nitrogens with zero attached hydrogens (tertiary/aromatic N) is 2. The Kier molecular flexibility index (Phi) is 3.13. The molecule has 0 aliphatic rings. The van der Waals surface area contributed by atoms with E-state index in [9.17, 15) is 4.79 Å². The van der Waals surface area contributed by atoms with E-state index >= 15 is 0 Å². The fourth-order valence-electron chi connectivity index (χ4n) is 2.01. The maximum Gasteiger partial charge on any atom is 0.343 e. The highest BCUT2D eigenvalue weighted by atomic mass is 16.5. The molecule has 1 aromatic carbocycles. The minimum atomic E-state index is -0.400. The number of carbonyl (C=O) groups is 1. The van der Waals surface area contributed by atoms with Gasteiger partial charge in [0.1, 0.15) is 5.52 Å². The highest BCUT2D eigenvalue weighted by Crippen LogP contribution is 2.22. The fourth-order valence-corrected chi connectivity index (χ4v) is 2.01. The van der Waals surface area contributed by atoms with Crippen molar-refractivity contribution in [2.75, 3.05) is 0 Å². The Labute approximate surface area is 116 Å². The third kappa shape index (κ3) is 2.23. The lowest BCUT2D eigenvalue weighted by Gasteiger charge is -2.07. The molecule has 0 bridgehead atoms. The van der Waals surface area contributed by atoms with Crippen LogP contribution in [0.1, 0.15) is 15.9 Å². The minimum absolute atomic E-state index is 0.372. The number of aromatic nitrogens is 2. The molecule has 0 unspecified atom stereocenters. The van der Waals surface area contributed by atoms with Crippen molar-refractivity contribution in [2.45, 2.75) is 6.92 Å². The molecule has 2 heterocycles. The van der Waals surface area contributed by atoms with Crippen LogP contribution in [-0.4, -0.2) is 15.9 Å². The topological polar surface area (TPSA) is 52.1 Å². The van der Waals surface area contributed by atoms with E-state index in [0.29, 0.717) is 16.8 Å². The highest BCUT2D eigenvalue weighted by molar-refractivity contribution is 5.94. The predicted molar refractivity (Wildman–Crippen MR) is 75.7 cm³/mol. The van der Waals surface area contributed by atoms with Gasteiger partial charge in [-0.15, -0.1) is 0 Å². The molecule has 4 nitrogen and oxygen atoms in total. The standard InChI is InChI=1S/C16H12N2O2/c1-11-5-2-3-7-13(11)16(19)20-14-10-17-9-12-6-4-8-18-15(12)14/h2-10H,1H3. The fraction of sp³-hybridized carbons (Fsp3) is 0.0625. The summed E-state index contributed by atoms with van der Waals surface area (Å²) in [5.74, 6) is -0.0283. The first-order valence-corrected chi connectivity index (χ1v) is 6.22. The third-order valence-electron chi connectivity index (χ3n) is 3.05. The van der Waals surface area contributed by atoms with E-state index in [-0.39, 0.29) is 0 Å². The predicted octanol–water partition coefficient (Wildman–Crippen LogP) is 3.16. The Morgan fingerprint density at radius 2 is 1.95 bits per heavy atom. The molecule has 4 heteroatoms. The van der Waals surface area contributed by atoms with Crippen LogP contribution in [0.25, 0.3) is 10.9 Å². The van der Waals surface area contributed by atoms with Gasteiger partial charge in [0.2, 0.25) is 0 Å². The van der Waals surface area contributed by atoms with Gasteiger partial charge in [-0.3, -0.25) is 9.97 Å². The lowest BCUT2D eigenvalue weighted by Crippen LogP contribution is -2.10. The van der Waals surface area contributed by atoms with Gasteiger partial charge in [0, 0.05) is 17.8 Å². The van der Waals surface area contributed by atoms with Crippen LogP contribution in [0, 0.1) is 6.92 Å². The van der Waals surface area contributed by atoms with Crippen LogP contribution in [0.5, 0.6) is 5.75 Å². The summed E-state index contributed by atoms with van der Waals surface area (Å²) in [6.45, 7) is 1.87. The Morgan fingerprint density at radius 1 is 1.10 bits per heavy atom. The van der Waals surface area contributed by atoms with Crippen molar-refractivity contribution in [3.63, 3.8) is 0 Å². The van der Waals surface area contributed by atoms with Crippen LogP contribution in [0.15, 0.2) is 55.0 Å². The second-order valence-corrected chi connectivity index (χ2v) is 4.42. The average molecular weight is 264 g/mol. The molecule has 0 aliphatic carbocycles. The Hall–Kier alpha value is -2.75. The van der Waals surface area contributed by atoms with Crippen LogP contribution in [-0.2, 0) is 0 Å². The van der Waals surface area contributed by atoms with Gasteiger partial charge in [0.25, 0.3) is 0 Å². The summed E-state index contributed by atoms with van der Waals surface area (Å²) in [7, 11) is 0. The molecule has 0 amide bonds. The number of hydrogen-bond acceptors (Lipinski definition) is 4. The summed E-state index contributed by atoms with van der Waals surface area (Å²) in [6, 6.07) is 11.0. The number of rotatable bonds is 2. The maximum absolute atomic E-state index is 12.2. The number of carbonyl (C=O) groups excluding carboxylic acids is 1. The Morgan fingerprint density at radius 3 is 2.80 bits per heavy atom. The molecular weight excluding hydrogens is 252 g/mol. The van der Waals surface area contributed by atoms with Crippen molar-refractivity contribution in [3.05, 3.63) is 66.1 Å². The molecule has 2 aromatic heterocycles. The molecule has 20 heavy (non-hydrogen) atoms. The van der Waals surface area contributed by atoms with Crippen LogP contribution in [0.4, 0.5) is 0 Å². The van der Waals surface area contributed by atoms with E-state index in [1.807, 2.05) is 37.3 Å². The van der Waals surface area contributed by atoms with E-state index in [0.717, 1.165) is 10.9 Å². The molecule has 98 valence electrons. The van der Waals surface area contributed by atoms with Gasteiger partial charge in [0.05, 0.1) is 11.8 Å². The molecule has 0 fully saturated rings. The van der Waals surface area contributed by atoms with E-state index in [2.05, 4.69) is 9.97 Å². The highest BCUT2D eigenvalue weighted by Gasteiger charge is 2.13. The van der Waals surface area contributed by atoms with Gasteiger partial charge < -0.3 is 4.74 Å². The zero-order chi connectivity index (χ0) is 13.9. The number of hydrogen-bond donors (Lipinski definition) is 0.